The molecule has 0 saturated heterocycles. The quantitative estimate of drug-likeness (QED) is 0.643. The van der Waals surface area contributed by atoms with Crippen LogP contribution in [0, 0.1) is 6.92 Å². The Morgan fingerprint density at radius 3 is 2.55 bits per heavy atom. The molecule has 0 aromatic carbocycles. The molecule has 60 valence electrons. The molecule has 0 aliphatic carbocycles. The third-order valence-corrected chi connectivity index (χ3v) is 1.38. The fourth-order valence-corrected chi connectivity index (χ4v) is 1.03. The van der Waals surface area contributed by atoms with Crippen LogP contribution in [0.1, 0.15) is 17.8 Å². The Kier molecular flexibility index (Phi) is 2.39. The highest BCUT2D eigenvalue weighted by Crippen LogP contribution is 2.20. The molecule has 1 rings (SSSR count). The summed E-state index contributed by atoms with van der Waals surface area (Å²) < 4.78 is 24.0. The van der Waals surface area contributed by atoms with Gasteiger partial charge in [0.15, 0.2) is 0 Å². The van der Waals surface area contributed by atoms with Crippen LogP contribution in [-0.4, -0.2) is 4.98 Å². The van der Waals surface area contributed by atoms with Gasteiger partial charge in [-0.2, -0.15) is 0 Å². The summed E-state index contributed by atoms with van der Waals surface area (Å²) in [6, 6.07) is 2.70. The summed E-state index contributed by atoms with van der Waals surface area (Å²) in [5.41, 5.74) is 0.239. The monoisotopic (exact) mass is 177 g/mol. The second-order valence-electron chi connectivity index (χ2n) is 2.15. The molecule has 0 radical (unpaired) electrons. The van der Waals surface area contributed by atoms with Crippen molar-refractivity contribution in [2.75, 3.05) is 0 Å². The van der Waals surface area contributed by atoms with E-state index in [0.29, 0.717) is 10.7 Å². The largest absolute Gasteiger partial charge is 0.280 e. The summed E-state index contributed by atoms with van der Waals surface area (Å²) in [7, 11) is 0. The second-order valence-corrected chi connectivity index (χ2v) is 2.59. The first-order valence-electron chi connectivity index (χ1n) is 3.02. The van der Waals surface area contributed by atoms with E-state index in [4.69, 9.17) is 11.6 Å². The Morgan fingerprint density at radius 1 is 1.45 bits per heavy atom. The Morgan fingerprint density at radius 2 is 2.09 bits per heavy atom. The first-order valence-corrected chi connectivity index (χ1v) is 3.39. The molecular weight excluding hydrogens is 172 g/mol. The summed E-state index contributed by atoms with van der Waals surface area (Å²) in [5.74, 6) is 0. The molecule has 0 bridgehead atoms. The summed E-state index contributed by atoms with van der Waals surface area (Å²) in [6.07, 6.45) is -2.55. The van der Waals surface area contributed by atoms with Gasteiger partial charge < -0.3 is 0 Å². The maximum Gasteiger partial charge on any atom is 0.280 e. The summed E-state index contributed by atoms with van der Waals surface area (Å²) in [5, 5.41) is 0.299. The van der Waals surface area contributed by atoms with Crippen LogP contribution in [0.5, 0.6) is 0 Å². The van der Waals surface area contributed by atoms with E-state index >= 15 is 0 Å². The SMILES string of the molecule is Cc1cc(Cl)cc(C(F)F)n1. The van der Waals surface area contributed by atoms with E-state index < -0.39 is 6.43 Å². The average Bonchev–Trinajstić information content (AvgIpc) is 1.85. The summed E-state index contributed by atoms with van der Waals surface area (Å²) >= 11 is 5.52. The molecule has 11 heavy (non-hydrogen) atoms. The maximum atomic E-state index is 12.0. The Bertz CT molecular complexity index is 242. The van der Waals surface area contributed by atoms with Crippen molar-refractivity contribution < 1.29 is 8.78 Å². The van der Waals surface area contributed by atoms with E-state index in [2.05, 4.69) is 4.98 Å². The fourth-order valence-electron chi connectivity index (χ4n) is 0.762. The van der Waals surface area contributed by atoms with E-state index in [1.807, 2.05) is 0 Å². The molecule has 0 N–H and O–H groups in total. The lowest BCUT2D eigenvalue weighted by atomic mass is 10.3. The van der Waals surface area contributed by atoms with Gasteiger partial charge in [0.05, 0.1) is 0 Å². The van der Waals surface area contributed by atoms with Crippen LogP contribution in [0.15, 0.2) is 12.1 Å². The van der Waals surface area contributed by atoms with Gasteiger partial charge in [0.1, 0.15) is 5.69 Å². The van der Waals surface area contributed by atoms with Crippen molar-refractivity contribution in [3.8, 4) is 0 Å². The summed E-state index contributed by atoms with van der Waals surface area (Å²) in [6.45, 7) is 1.62. The lowest BCUT2D eigenvalue weighted by Crippen LogP contribution is -1.91. The number of pyridine rings is 1. The Hall–Kier alpha value is -0.700. The zero-order chi connectivity index (χ0) is 8.43. The molecule has 1 nitrogen and oxygen atoms in total. The fraction of sp³-hybridized carbons (Fsp3) is 0.286. The van der Waals surface area contributed by atoms with Crippen LogP contribution >= 0.6 is 11.6 Å². The lowest BCUT2D eigenvalue weighted by molar-refractivity contribution is 0.146. The summed E-state index contributed by atoms with van der Waals surface area (Å²) in [4.78, 5) is 3.60. The van der Waals surface area contributed by atoms with Crippen molar-refractivity contribution in [3.63, 3.8) is 0 Å². The molecule has 1 aromatic heterocycles. The van der Waals surface area contributed by atoms with Crippen LogP contribution in [-0.2, 0) is 0 Å². The highest BCUT2D eigenvalue weighted by molar-refractivity contribution is 6.30. The predicted octanol–water partition coefficient (Wildman–Crippen LogP) is 2.98. The maximum absolute atomic E-state index is 12.0. The van der Waals surface area contributed by atoms with E-state index in [-0.39, 0.29) is 5.69 Å². The van der Waals surface area contributed by atoms with E-state index in [0.717, 1.165) is 0 Å². The lowest BCUT2D eigenvalue weighted by Gasteiger charge is -2.00. The molecule has 0 fully saturated rings. The highest BCUT2D eigenvalue weighted by atomic mass is 35.5. The molecule has 0 spiro atoms. The van der Waals surface area contributed by atoms with Crippen LogP contribution in [0.3, 0.4) is 0 Å². The smallest absolute Gasteiger partial charge is 0.252 e. The van der Waals surface area contributed by atoms with Crippen molar-refractivity contribution in [2.45, 2.75) is 13.3 Å². The molecule has 4 heteroatoms. The molecule has 0 amide bonds. The molecule has 0 aliphatic rings. The normalized spacial score (nSPS) is 10.6. The molecule has 1 heterocycles. The second kappa shape index (κ2) is 3.13. The van der Waals surface area contributed by atoms with Gasteiger partial charge in [-0.15, -0.1) is 0 Å². The number of halogens is 3. The van der Waals surface area contributed by atoms with Gasteiger partial charge in [0.2, 0.25) is 0 Å². The Balaban J connectivity index is 3.08. The minimum Gasteiger partial charge on any atom is -0.252 e. The van der Waals surface area contributed by atoms with Crippen LogP contribution in [0.2, 0.25) is 5.02 Å². The number of aromatic nitrogens is 1. The zero-order valence-electron chi connectivity index (χ0n) is 5.81. The van der Waals surface area contributed by atoms with E-state index in [1.54, 1.807) is 6.92 Å². The number of rotatable bonds is 1. The van der Waals surface area contributed by atoms with Crippen molar-refractivity contribution in [3.05, 3.63) is 28.5 Å². The van der Waals surface area contributed by atoms with Crippen molar-refractivity contribution in [1.82, 2.24) is 4.98 Å². The topological polar surface area (TPSA) is 12.9 Å². The first-order chi connectivity index (χ1) is 5.09. The highest BCUT2D eigenvalue weighted by Gasteiger charge is 2.09. The van der Waals surface area contributed by atoms with Gasteiger partial charge in [-0.3, -0.25) is 4.98 Å². The average molecular weight is 178 g/mol. The van der Waals surface area contributed by atoms with E-state index in [1.165, 1.54) is 12.1 Å². The Labute approximate surface area is 68.0 Å². The van der Waals surface area contributed by atoms with Crippen LogP contribution < -0.4 is 0 Å². The number of aryl methyl sites for hydroxylation is 1. The van der Waals surface area contributed by atoms with Gasteiger partial charge in [0, 0.05) is 10.7 Å². The first kappa shape index (κ1) is 8.40. The molecule has 0 saturated carbocycles. The van der Waals surface area contributed by atoms with Gasteiger partial charge in [-0.25, -0.2) is 8.78 Å². The molecule has 0 unspecified atom stereocenters. The van der Waals surface area contributed by atoms with Gasteiger partial charge in [0.25, 0.3) is 6.43 Å². The third kappa shape index (κ3) is 2.12. The van der Waals surface area contributed by atoms with Crippen molar-refractivity contribution >= 4 is 11.6 Å². The van der Waals surface area contributed by atoms with Gasteiger partial charge in [-0.1, -0.05) is 11.6 Å². The zero-order valence-corrected chi connectivity index (χ0v) is 6.57. The number of alkyl halides is 2. The van der Waals surface area contributed by atoms with Gasteiger partial charge in [-0.05, 0) is 19.1 Å². The van der Waals surface area contributed by atoms with Crippen molar-refractivity contribution in [2.24, 2.45) is 0 Å². The number of nitrogens with zero attached hydrogens (tertiary/aromatic N) is 1. The molecule has 0 atom stereocenters. The standard InChI is InChI=1S/C7H6ClF2N/c1-4-2-5(8)3-6(11-4)7(9)10/h2-3,7H,1H3. The number of hydrogen-bond donors (Lipinski definition) is 0. The van der Waals surface area contributed by atoms with Crippen molar-refractivity contribution in [1.29, 1.82) is 0 Å². The van der Waals surface area contributed by atoms with Crippen LogP contribution in [0.25, 0.3) is 0 Å². The number of hydrogen-bond acceptors (Lipinski definition) is 1. The molecule has 0 aliphatic heterocycles. The molecular formula is C7H6ClF2N. The van der Waals surface area contributed by atoms with E-state index in [9.17, 15) is 8.78 Å². The van der Waals surface area contributed by atoms with Crippen LogP contribution in [0.4, 0.5) is 8.78 Å². The van der Waals surface area contributed by atoms with Gasteiger partial charge >= 0.3 is 0 Å². The third-order valence-electron chi connectivity index (χ3n) is 1.16. The minimum atomic E-state index is -2.55. The minimum absolute atomic E-state index is 0.269. The molecule has 1 aromatic rings. The predicted molar refractivity (Wildman–Crippen MR) is 38.9 cm³/mol.